The molecule has 3 N–H and O–H groups in total. The number of nitrogens with one attached hydrogen (secondary N) is 1. The van der Waals surface area contributed by atoms with Crippen LogP contribution in [0.25, 0.3) is 11.3 Å². The van der Waals surface area contributed by atoms with Crippen molar-refractivity contribution >= 4 is 11.7 Å². The Morgan fingerprint density at radius 2 is 2.17 bits per heavy atom. The lowest BCUT2D eigenvalue weighted by Gasteiger charge is -2.14. The number of carbonyl (C=O) groups excluding carboxylic acids is 1. The summed E-state index contributed by atoms with van der Waals surface area (Å²) >= 11 is 0. The van der Waals surface area contributed by atoms with Crippen molar-refractivity contribution in [2.75, 3.05) is 11.9 Å². The van der Waals surface area contributed by atoms with Crippen molar-refractivity contribution in [3.63, 3.8) is 0 Å². The lowest BCUT2D eigenvalue weighted by Crippen LogP contribution is -2.36. The molecule has 1 amide bonds. The van der Waals surface area contributed by atoms with Gasteiger partial charge in [-0.3, -0.25) is 4.79 Å². The molecule has 0 saturated heterocycles. The first-order valence-electron chi connectivity index (χ1n) is 8.32. The number of anilines is 1. The van der Waals surface area contributed by atoms with Gasteiger partial charge in [-0.1, -0.05) is 19.9 Å². The first-order valence-corrected chi connectivity index (χ1v) is 8.32. The minimum atomic E-state index is -0.521. The van der Waals surface area contributed by atoms with Crippen molar-refractivity contribution < 1.29 is 9.53 Å². The molecule has 0 unspecified atom stereocenters. The summed E-state index contributed by atoms with van der Waals surface area (Å²) < 4.78 is 5.53. The standard InChI is InChI=1S/C19H23N3O2/c1-12(2)10-15(20)19(23)22-18-5-3-4-16(21-18)13-6-7-17-14(11-13)8-9-24-17/h3-7,11-12,15H,8-10,20H2,1-2H3,(H,21,22,23)/t15-/m0/s1. The highest BCUT2D eigenvalue weighted by molar-refractivity contribution is 5.94. The summed E-state index contributed by atoms with van der Waals surface area (Å²) in [7, 11) is 0. The third-order valence-electron chi connectivity index (χ3n) is 4.05. The average Bonchev–Trinajstić information content (AvgIpc) is 3.02. The lowest BCUT2D eigenvalue weighted by molar-refractivity contribution is -0.117. The number of hydrogen-bond acceptors (Lipinski definition) is 4. The van der Waals surface area contributed by atoms with Crippen LogP contribution in [-0.2, 0) is 11.2 Å². The van der Waals surface area contributed by atoms with Gasteiger partial charge < -0.3 is 15.8 Å². The van der Waals surface area contributed by atoms with Gasteiger partial charge in [0.2, 0.25) is 5.91 Å². The van der Waals surface area contributed by atoms with Crippen molar-refractivity contribution in [3.8, 4) is 17.0 Å². The Morgan fingerprint density at radius 3 is 2.96 bits per heavy atom. The number of pyridine rings is 1. The van der Waals surface area contributed by atoms with Gasteiger partial charge in [-0.2, -0.15) is 0 Å². The third kappa shape index (κ3) is 3.74. The molecule has 2 heterocycles. The van der Waals surface area contributed by atoms with E-state index < -0.39 is 6.04 Å². The van der Waals surface area contributed by atoms with Crippen LogP contribution in [0.1, 0.15) is 25.8 Å². The van der Waals surface area contributed by atoms with Gasteiger partial charge in [-0.15, -0.1) is 0 Å². The van der Waals surface area contributed by atoms with Crippen LogP contribution in [0, 0.1) is 5.92 Å². The molecule has 3 rings (SSSR count). The SMILES string of the molecule is CC(C)C[C@H](N)C(=O)Nc1cccc(-c2ccc3c(c2)CCO3)n1. The maximum absolute atomic E-state index is 12.2. The van der Waals surface area contributed by atoms with Crippen molar-refractivity contribution in [2.24, 2.45) is 11.7 Å². The van der Waals surface area contributed by atoms with Gasteiger partial charge in [0.05, 0.1) is 18.3 Å². The summed E-state index contributed by atoms with van der Waals surface area (Å²) in [5.41, 5.74) is 8.95. The lowest BCUT2D eigenvalue weighted by atomic mass is 10.0. The fourth-order valence-corrected chi connectivity index (χ4v) is 2.84. The summed E-state index contributed by atoms with van der Waals surface area (Å²) in [6, 6.07) is 11.1. The molecule has 0 saturated carbocycles. The molecule has 0 spiro atoms. The summed E-state index contributed by atoms with van der Waals surface area (Å²) in [4.78, 5) is 16.7. The second kappa shape index (κ2) is 7.01. The molecule has 1 aliphatic rings. The number of rotatable bonds is 5. The number of nitrogens with two attached hydrogens (primary N) is 1. The van der Waals surface area contributed by atoms with Crippen LogP contribution in [0.3, 0.4) is 0 Å². The van der Waals surface area contributed by atoms with Crippen molar-refractivity contribution in [3.05, 3.63) is 42.0 Å². The first-order chi connectivity index (χ1) is 11.5. The minimum Gasteiger partial charge on any atom is -0.493 e. The van der Waals surface area contributed by atoms with E-state index in [0.717, 1.165) is 30.0 Å². The Morgan fingerprint density at radius 1 is 1.33 bits per heavy atom. The third-order valence-corrected chi connectivity index (χ3v) is 4.05. The zero-order chi connectivity index (χ0) is 17.1. The predicted molar refractivity (Wildman–Crippen MR) is 94.9 cm³/mol. The van der Waals surface area contributed by atoms with Gasteiger partial charge >= 0.3 is 0 Å². The van der Waals surface area contributed by atoms with Crippen LogP contribution in [0.15, 0.2) is 36.4 Å². The maximum atomic E-state index is 12.2. The molecule has 5 heteroatoms. The second-order valence-electron chi connectivity index (χ2n) is 6.55. The van der Waals surface area contributed by atoms with Gasteiger partial charge in [0, 0.05) is 12.0 Å². The van der Waals surface area contributed by atoms with E-state index in [2.05, 4.69) is 16.4 Å². The molecule has 5 nitrogen and oxygen atoms in total. The van der Waals surface area contributed by atoms with E-state index in [1.165, 1.54) is 5.56 Å². The van der Waals surface area contributed by atoms with Crippen molar-refractivity contribution in [1.82, 2.24) is 4.98 Å². The highest BCUT2D eigenvalue weighted by Crippen LogP contribution is 2.30. The Balaban J connectivity index is 1.76. The van der Waals surface area contributed by atoms with E-state index in [-0.39, 0.29) is 5.91 Å². The van der Waals surface area contributed by atoms with Crippen LogP contribution in [0.4, 0.5) is 5.82 Å². The van der Waals surface area contributed by atoms with Gasteiger partial charge in [0.15, 0.2) is 0 Å². The molecule has 2 aromatic rings. The Bertz CT molecular complexity index is 743. The van der Waals surface area contributed by atoms with Crippen LogP contribution in [0.2, 0.25) is 0 Å². The molecule has 24 heavy (non-hydrogen) atoms. The maximum Gasteiger partial charge on any atom is 0.242 e. The topological polar surface area (TPSA) is 77.2 Å². The number of amides is 1. The second-order valence-corrected chi connectivity index (χ2v) is 6.55. The normalized spacial score (nSPS) is 14.2. The summed E-state index contributed by atoms with van der Waals surface area (Å²) in [6.07, 6.45) is 1.57. The number of carbonyl (C=O) groups is 1. The summed E-state index contributed by atoms with van der Waals surface area (Å²) in [6.45, 7) is 4.82. The van der Waals surface area contributed by atoms with Crippen LogP contribution in [0.5, 0.6) is 5.75 Å². The zero-order valence-corrected chi connectivity index (χ0v) is 14.1. The van der Waals surface area contributed by atoms with Gasteiger partial charge in [0.25, 0.3) is 0 Å². The first kappa shape index (κ1) is 16.5. The van der Waals surface area contributed by atoms with Gasteiger partial charge in [-0.25, -0.2) is 4.98 Å². The Hall–Kier alpha value is -2.40. The highest BCUT2D eigenvalue weighted by atomic mass is 16.5. The number of hydrogen-bond donors (Lipinski definition) is 2. The fraction of sp³-hybridized carbons (Fsp3) is 0.368. The summed E-state index contributed by atoms with van der Waals surface area (Å²) in [5.74, 6) is 1.64. The minimum absolute atomic E-state index is 0.198. The molecular weight excluding hydrogens is 302 g/mol. The quantitative estimate of drug-likeness (QED) is 0.886. The molecular formula is C19H23N3O2. The van der Waals surface area contributed by atoms with Gasteiger partial charge in [0.1, 0.15) is 11.6 Å². The van der Waals surface area contributed by atoms with E-state index >= 15 is 0 Å². The smallest absolute Gasteiger partial charge is 0.242 e. The Labute approximate surface area is 142 Å². The van der Waals surface area contributed by atoms with Crippen LogP contribution in [-0.4, -0.2) is 23.5 Å². The van der Waals surface area contributed by atoms with Gasteiger partial charge in [-0.05, 0) is 48.2 Å². The number of ether oxygens (including phenoxy) is 1. The molecule has 0 fully saturated rings. The van der Waals surface area contributed by atoms with Crippen LogP contribution >= 0.6 is 0 Å². The van der Waals surface area contributed by atoms with Crippen molar-refractivity contribution in [1.29, 1.82) is 0 Å². The van der Waals surface area contributed by atoms with E-state index in [1.54, 1.807) is 6.07 Å². The fourth-order valence-electron chi connectivity index (χ4n) is 2.84. The zero-order valence-electron chi connectivity index (χ0n) is 14.1. The number of nitrogens with zero attached hydrogens (tertiary/aromatic N) is 1. The molecule has 0 radical (unpaired) electrons. The Kier molecular flexibility index (Phi) is 4.81. The summed E-state index contributed by atoms with van der Waals surface area (Å²) in [5, 5.41) is 2.81. The average molecular weight is 325 g/mol. The highest BCUT2D eigenvalue weighted by Gasteiger charge is 2.16. The van der Waals surface area contributed by atoms with E-state index in [4.69, 9.17) is 10.5 Å². The van der Waals surface area contributed by atoms with Crippen molar-refractivity contribution in [2.45, 2.75) is 32.7 Å². The molecule has 126 valence electrons. The largest absolute Gasteiger partial charge is 0.493 e. The molecule has 1 aromatic heterocycles. The number of aromatic nitrogens is 1. The van der Waals surface area contributed by atoms with E-state index in [1.807, 2.05) is 38.1 Å². The number of fused-ring (bicyclic) bond motifs is 1. The molecule has 0 bridgehead atoms. The molecule has 0 aliphatic carbocycles. The van der Waals surface area contributed by atoms with E-state index in [9.17, 15) is 4.79 Å². The van der Waals surface area contributed by atoms with E-state index in [0.29, 0.717) is 18.2 Å². The molecule has 1 atom stereocenters. The predicted octanol–water partition coefficient (Wildman–Crippen LogP) is 3.00. The van der Waals surface area contributed by atoms with Crippen LogP contribution < -0.4 is 15.8 Å². The molecule has 1 aromatic carbocycles. The number of benzene rings is 1. The molecule has 1 aliphatic heterocycles. The monoisotopic (exact) mass is 325 g/mol.